The Morgan fingerprint density at radius 1 is 1.08 bits per heavy atom. The molecule has 0 radical (unpaired) electrons. The van der Waals surface area contributed by atoms with Gasteiger partial charge in [0, 0.05) is 51.9 Å². The number of aryl methyl sites for hydroxylation is 1. The van der Waals surface area contributed by atoms with Crippen molar-refractivity contribution >= 4 is 44.9 Å². The number of halogens is 1. The molecule has 0 aliphatic rings. The number of hydrogen-bond acceptors (Lipinski definition) is 5. The summed E-state index contributed by atoms with van der Waals surface area (Å²) >= 11 is 0.712. The van der Waals surface area contributed by atoms with Crippen LogP contribution in [0.5, 0.6) is 5.75 Å². The summed E-state index contributed by atoms with van der Waals surface area (Å²) < 4.78 is 13.6. The second-order valence-electron chi connectivity index (χ2n) is 8.88. The number of carbonyl (C=O) groups excluding carboxylic acids is 1. The molecule has 0 aliphatic carbocycles. The van der Waals surface area contributed by atoms with Crippen LogP contribution in [0.4, 0.5) is 4.39 Å². The fraction of sp³-hybridized carbons (Fsp3) is 0.185. The predicted octanol–water partition coefficient (Wildman–Crippen LogP) is 5.71. The number of benzene rings is 2. The number of hydrogen-bond donors (Lipinski definition) is 5. The number of H-pyrrole nitrogens is 2. The van der Waals surface area contributed by atoms with Crippen molar-refractivity contribution in [1.82, 2.24) is 9.97 Å². The fourth-order valence-electron chi connectivity index (χ4n) is 4.51. The van der Waals surface area contributed by atoms with Gasteiger partial charge in [0.05, 0.1) is 5.56 Å². The van der Waals surface area contributed by atoms with Gasteiger partial charge in [0.1, 0.15) is 21.3 Å². The van der Waals surface area contributed by atoms with Crippen LogP contribution in [0.3, 0.4) is 0 Å². The molecule has 0 fully saturated rings. The van der Waals surface area contributed by atoms with Crippen LogP contribution in [-0.4, -0.2) is 43.6 Å². The second-order valence-corrected chi connectivity index (χ2v) is 9.90. The average molecular weight is 507 g/mol. The van der Waals surface area contributed by atoms with E-state index in [1.807, 2.05) is 19.1 Å². The number of aromatic carboxylic acids is 1. The monoisotopic (exact) mass is 506 g/mol. The number of aromatic nitrogens is 2. The molecule has 0 amide bonds. The molecule has 5 N–H and O–H groups in total. The molecule has 0 saturated carbocycles. The zero-order chi connectivity index (χ0) is 25.6. The highest BCUT2D eigenvalue weighted by Gasteiger charge is 2.30. The first-order valence-electron chi connectivity index (χ1n) is 11.4. The van der Waals surface area contributed by atoms with Crippen LogP contribution in [0.1, 0.15) is 43.8 Å². The van der Waals surface area contributed by atoms with E-state index in [1.54, 1.807) is 12.3 Å². The minimum atomic E-state index is -1.28. The second kappa shape index (κ2) is 9.25. The third kappa shape index (κ3) is 3.96. The molecule has 0 aliphatic heterocycles. The largest absolute Gasteiger partial charge is 0.506 e. The van der Waals surface area contributed by atoms with Crippen LogP contribution in [-0.2, 0) is 6.42 Å². The number of aromatic hydroxyl groups is 1. The Kier molecular flexibility index (Phi) is 6.11. The van der Waals surface area contributed by atoms with E-state index in [1.165, 1.54) is 24.4 Å². The molecule has 1 atom stereocenters. The van der Waals surface area contributed by atoms with Crippen LogP contribution in [0.25, 0.3) is 32.9 Å². The summed E-state index contributed by atoms with van der Waals surface area (Å²) in [6.45, 7) is 2.06. The predicted molar refractivity (Wildman–Crippen MR) is 136 cm³/mol. The number of para-hydroxylation sites is 1. The summed E-state index contributed by atoms with van der Waals surface area (Å²) in [7, 11) is 0. The highest BCUT2D eigenvalue weighted by Crippen LogP contribution is 2.45. The van der Waals surface area contributed by atoms with Crippen molar-refractivity contribution < 1.29 is 29.3 Å². The summed E-state index contributed by atoms with van der Waals surface area (Å²) in [5.74, 6) is -2.50. The van der Waals surface area contributed by atoms with E-state index in [0.717, 1.165) is 17.5 Å². The van der Waals surface area contributed by atoms with Gasteiger partial charge in [-0.3, -0.25) is 4.79 Å². The first-order valence-corrected chi connectivity index (χ1v) is 12.2. The van der Waals surface area contributed by atoms with E-state index >= 15 is 0 Å². The Balaban J connectivity index is 1.59. The van der Waals surface area contributed by atoms with E-state index in [9.17, 15) is 29.3 Å². The zero-order valence-electron chi connectivity index (χ0n) is 19.3. The Morgan fingerprint density at radius 3 is 2.64 bits per heavy atom. The zero-order valence-corrected chi connectivity index (χ0v) is 20.1. The van der Waals surface area contributed by atoms with E-state index in [0.29, 0.717) is 45.2 Å². The number of carbonyl (C=O) groups is 2. The molecule has 0 bridgehead atoms. The molecule has 3 heterocycles. The Hall–Kier alpha value is -3.95. The molecule has 1 unspecified atom stereocenters. The van der Waals surface area contributed by atoms with Crippen molar-refractivity contribution in [1.29, 1.82) is 0 Å². The number of nitrogens with one attached hydrogen (secondary N) is 2. The smallest absolute Gasteiger partial charge is 0.346 e. The number of carboxylic acids is 1. The van der Waals surface area contributed by atoms with Crippen molar-refractivity contribution in [3.8, 4) is 16.9 Å². The average Bonchev–Trinajstić information content (AvgIpc) is 3.56. The van der Waals surface area contributed by atoms with Crippen molar-refractivity contribution in [3.05, 3.63) is 75.5 Å². The molecule has 5 rings (SSSR count). The Morgan fingerprint density at radius 2 is 1.89 bits per heavy atom. The lowest BCUT2D eigenvalue weighted by Crippen LogP contribution is -2.02. The standard InChI is InChI=1S/C27H23FN2O5S/c1-13(12-31)5-6-14-3-2-4-17-19(11-30-22(14)17)23(32)26-24(33)21(25(36-26)27(34)35)18-10-29-20-9-15(28)7-8-16(18)20/h2-4,7-11,13,29-31,33H,5-6,12H2,1H3,(H,34,35). The van der Waals surface area contributed by atoms with Gasteiger partial charge in [-0.15, -0.1) is 11.3 Å². The van der Waals surface area contributed by atoms with Crippen LogP contribution in [0, 0.1) is 11.7 Å². The third-order valence-electron chi connectivity index (χ3n) is 6.46. The number of aromatic amines is 2. The first-order chi connectivity index (χ1) is 17.3. The van der Waals surface area contributed by atoms with E-state index in [4.69, 9.17) is 0 Å². The van der Waals surface area contributed by atoms with E-state index in [2.05, 4.69) is 9.97 Å². The van der Waals surface area contributed by atoms with Crippen molar-refractivity contribution in [2.24, 2.45) is 5.92 Å². The van der Waals surface area contributed by atoms with E-state index in [-0.39, 0.29) is 27.8 Å². The van der Waals surface area contributed by atoms with Crippen molar-refractivity contribution in [3.63, 3.8) is 0 Å². The highest BCUT2D eigenvalue weighted by molar-refractivity contribution is 7.17. The van der Waals surface area contributed by atoms with Crippen molar-refractivity contribution in [2.75, 3.05) is 6.61 Å². The summed E-state index contributed by atoms with van der Waals surface area (Å²) in [6, 6.07) is 9.63. The number of thiophene rings is 1. The maximum Gasteiger partial charge on any atom is 0.346 e. The van der Waals surface area contributed by atoms with Gasteiger partial charge in [-0.1, -0.05) is 25.1 Å². The summed E-state index contributed by atoms with van der Waals surface area (Å²) in [5.41, 5.74) is 2.95. The van der Waals surface area contributed by atoms with E-state index < -0.39 is 23.3 Å². The number of rotatable bonds is 8. The molecule has 9 heteroatoms. The van der Waals surface area contributed by atoms with Crippen LogP contribution < -0.4 is 0 Å². The van der Waals surface area contributed by atoms with Crippen LogP contribution in [0.15, 0.2) is 48.8 Å². The van der Waals surface area contributed by atoms with Gasteiger partial charge in [-0.05, 0) is 42.5 Å². The molecule has 36 heavy (non-hydrogen) atoms. The molecule has 3 aromatic heterocycles. The fourth-order valence-corrected chi connectivity index (χ4v) is 5.51. The first kappa shape index (κ1) is 23.8. The molecular formula is C27H23FN2O5S. The number of aliphatic hydroxyl groups excluding tert-OH is 1. The van der Waals surface area contributed by atoms with Gasteiger partial charge in [0.15, 0.2) is 0 Å². The molecule has 2 aromatic carbocycles. The maximum atomic E-state index is 13.6. The number of fused-ring (bicyclic) bond motifs is 2. The molecule has 0 spiro atoms. The molecule has 7 nitrogen and oxygen atoms in total. The minimum absolute atomic E-state index is 0.0206. The lowest BCUT2D eigenvalue weighted by molar-refractivity contribution is 0.0702. The number of ketones is 1. The SMILES string of the molecule is CC(CO)CCc1cccc2c(C(=O)c3sc(C(=O)O)c(-c4c[nH]c5cc(F)ccc45)c3O)c[nH]c12. The lowest BCUT2D eigenvalue weighted by atomic mass is 9.98. The molecular weight excluding hydrogens is 483 g/mol. The Labute approximate surface area is 208 Å². The summed E-state index contributed by atoms with van der Waals surface area (Å²) in [4.78, 5) is 31.4. The lowest BCUT2D eigenvalue weighted by Gasteiger charge is -2.08. The maximum absolute atomic E-state index is 13.6. The quantitative estimate of drug-likeness (QED) is 0.172. The Bertz CT molecular complexity index is 1630. The van der Waals surface area contributed by atoms with Gasteiger partial charge in [0.25, 0.3) is 0 Å². The molecule has 184 valence electrons. The minimum Gasteiger partial charge on any atom is -0.506 e. The van der Waals surface area contributed by atoms with Gasteiger partial charge in [-0.2, -0.15) is 0 Å². The number of carboxylic acid groups (broad SMARTS) is 1. The normalized spacial score (nSPS) is 12.4. The highest BCUT2D eigenvalue weighted by atomic mass is 32.1. The van der Waals surface area contributed by atoms with Gasteiger partial charge >= 0.3 is 5.97 Å². The van der Waals surface area contributed by atoms with Crippen LogP contribution in [0.2, 0.25) is 0 Å². The summed E-state index contributed by atoms with van der Waals surface area (Å²) in [6.07, 6.45) is 4.56. The summed E-state index contributed by atoms with van der Waals surface area (Å²) in [5, 5.41) is 31.5. The van der Waals surface area contributed by atoms with Gasteiger partial charge in [0.2, 0.25) is 5.78 Å². The molecule has 5 aromatic rings. The van der Waals surface area contributed by atoms with Gasteiger partial charge in [-0.25, -0.2) is 9.18 Å². The number of aliphatic hydroxyl groups is 1. The van der Waals surface area contributed by atoms with Crippen LogP contribution >= 0.6 is 11.3 Å². The van der Waals surface area contributed by atoms with Crippen molar-refractivity contribution in [2.45, 2.75) is 19.8 Å². The molecule has 0 saturated heterocycles. The van der Waals surface area contributed by atoms with Gasteiger partial charge < -0.3 is 25.3 Å². The topological polar surface area (TPSA) is 126 Å². The third-order valence-corrected chi connectivity index (χ3v) is 7.63.